The Labute approximate surface area is 35.5 Å². The van der Waals surface area contributed by atoms with Gasteiger partial charge in [-0.2, -0.15) is 0 Å². The molecule has 0 saturated heterocycles. The van der Waals surface area contributed by atoms with E-state index in [1.165, 1.54) is 0 Å². The van der Waals surface area contributed by atoms with Crippen LogP contribution >= 0.6 is 0 Å². The van der Waals surface area contributed by atoms with Crippen LogP contribution in [0.15, 0.2) is 0 Å². The standard InChI is InChI=1S/FO.2FH.Sn/c1-2;;;/h;2*1H;/q-1;;;+3/p-2. The molecular weight excluding hydrogens is 192 g/mol. The van der Waals surface area contributed by atoms with Gasteiger partial charge in [0, 0.05) is 0 Å². The maximum atomic E-state index is 10.4. The zero-order valence-electron chi connectivity index (χ0n) is 2.04. The van der Waals surface area contributed by atoms with Crippen molar-refractivity contribution in [1.82, 2.24) is 0 Å². The fraction of sp³-hybridized carbons (Fsp3) is 0. The molecule has 0 unspecified atom stereocenters. The van der Waals surface area contributed by atoms with Crippen molar-refractivity contribution < 1.29 is 13.5 Å². The number of hydrogen-bond donors (Lipinski definition) is 0. The van der Waals surface area contributed by atoms with Crippen LogP contribution in [0.2, 0.25) is 0 Å². The molecule has 0 aliphatic carbocycles. The van der Waals surface area contributed by atoms with Crippen LogP contribution in [0.3, 0.4) is 0 Å². The van der Waals surface area contributed by atoms with Crippen molar-refractivity contribution in [2.75, 3.05) is 0 Å². The monoisotopic (exact) mass is 193 g/mol. The number of hydrogen-bond acceptors (Lipinski definition) is 1. The van der Waals surface area contributed by atoms with E-state index in [2.05, 4.69) is 3.28 Å². The van der Waals surface area contributed by atoms with Gasteiger partial charge in [-0.25, -0.2) is 0 Å². The third-order valence-electron chi connectivity index (χ3n) is 0.0583. The summed E-state index contributed by atoms with van der Waals surface area (Å²) in [5.74, 6) is 0. The van der Waals surface area contributed by atoms with Crippen molar-refractivity contribution in [1.29, 1.82) is 0 Å². The van der Waals surface area contributed by atoms with Crippen LogP contribution in [0.4, 0.5) is 10.3 Å². The minimum absolute atomic E-state index is 2.11. The predicted octanol–water partition coefficient (Wildman–Crippen LogP) is 0.811. The van der Waals surface area contributed by atoms with Crippen LogP contribution in [0.25, 0.3) is 0 Å². The van der Waals surface area contributed by atoms with E-state index in [0.717, 1.165) is 0 Å². The first-order chi connectivity index (χ1) is 2.27. The van der Waals surface area contributed by atoms with E-state index in [4.69, 9.17) is 0 Å². The molecular formula is F3OSn. The molecule has 0 amide bonds. The minimum atomic E-state index is -4.75. The summed E-state index contributed by atoms with van der Waals surface area (Å²) in [5.41, 5.74) is 0. The Kier molecular flexibility index (Phi) is 3.07. The van der Waals surface area contributed by atoms with Gasteiger partial charge in [-0.3, -0.25) is 0 Å². The van der Waals surface area contributed by atoms with Gasteiger partial charge in [0.05, 0.1) is 0 Å². The topological polar surface area (TPSA) is 9.23 Å². The molecule has 0 saturated carbocycles. The second kappa shape index (κ2) is 2.77. The van der Waals surface area contributed by atoms with E-state index in [1.807, 2.05) is 0 Å². The van der Waals surface area contributed by atoms with Crippen molar-refractivity contribution in [2.24, 2.45) is 0 Å². The van der Waals surface area contributed by atoms with Gasteiger partial charge in [0.2, 0.25) is 0 Å². The predicted molar refractivity (Wildman–Crippen MR) is 10.2 cm³/mol. The molecule has 31 valence electrons. The molecule has 0 spiro atoms. The summed E-state index contributed by atoms with van der Waals surface area (Å²) in [4.78, 5) is 0. The van der Waals surface area contributed by atoms with Crippen LogP contribution in [-0.4, -0.2) is 21.3 Å². The first-order valence-electron chi connectivity index (χ1n) is 0.736. The Bertz CT molecular complexity index is 20.9. The molecule has 0 bridgehead atoms. The van der Waals surface area contributed by atoms with Gasteiger partial charge >= 0.3 is 34.9 Å². The molecule has 0 fully saturated rings. The van der Waals surface area contributed by atoms with E-state index < -0.39 is 21.3 Å². The second-order valence-electron chi connectivity index (χ2n) is 0.303. The molecule has 1 radical (unpaired) electrons. The van der Waals surface area contributed by atoms with Crippen molar-refractivity contribution in [2.45, 2.75) is 0 Å². The second-order valence-corrected chi connectivity index (χ2v) is 2.03. The molecule has 0 N–H and O–H groups in total. The molecule has 0 aliphatic heterocycles. The van der Waals surface area contributed by atoms with E-state index in [1.54, 1.807) is 0 Å². The maximum absolute atomic E-state index is 10.4. The average Bonchev–Trinajstić information content (AvgIpc) is 1.38. The van der Waals surface area contributed by atoms with Crippen LogP contribution in [-0.2, 0) is 3.28 Å². The van der Waals surface area contributed by atoms with E-state index in [9.17, 15) is 10.3 Å². The van der Waals surface area contributed by atoms with Gasteiger partial charge in [0.25, 0.3) is 0 Å². The molecule has 0 aliphatic rings. The van der Waals surface area contributed by atoms with E-state index >= 15 is 0 Å². The number of rotatable bonds is 1. The van der Waals surface area contributed by atoms with Crippen molar-refractivity contribution in [3.8, 4) is 0 Å². The Morgan fingerprint density at radius 3 is 1.60 bits per heavy atom. The van der Waals surface area contributed by atoms with Crippen molar-refractivity contribution >= 4 is 21.3 Å². The number of halogens is 3. The summed E-state index contributed by atoms with van der Waals surface area (Å²) >= 11 is -4.75. The fourth-order valence-corrected chi connectivity index (χ4v) is 0. The summed E-state index contributed by atoms with van der Waals surface area (Å²) in [7, 11) is 0. The third-order valence-corrected chi connectivity index (χ3v) is 0.391. The normalized spacial score (nSPS) is 9.60. The van der Waals surface area contributed by atoms with Crippen LogP contribution in [0, 0.1) is 0 Å². The molecule has 1 nitrogen and oxygen atoms in total. The van der Waals surface area contributed by atoms with Crippen LogP contribution < -0.4 is 0 Å². The van der Waals surface area contributed by atoms with Crippen LogP contribution in [0.1, 0.15) is 0 Å². The zero-order chi connectivity index (χ0) is 4.28. The first kappa shape index (κ1) is 5.55. The Morgan fingerprint density at radius 1 is 1.40 bits per heavy atom. The average molecular weight is 192 g/mol. The third kappa shape index (κ3) is 4.55. The Morgan fingerprint density at radius 2 is 1.60 bits per heavy atom. The molecule has 0 atom stereocenters. The SMILES string of the molecule is F[O][Sn]([F])[F]. The van der Waals surface area contributed by atoms with Gasteiger partial charge in [-0.05, 0) is 0 Å². The molecule has 0 aromatic rings. The van der Waals surface area contributed by atoms with Gasteiger partial charge in [0.1, 0.15) is 0 Å². The Balaban J connectivity index is 2.54. The van der Waals surface area contributed by atoms with E-state index in [-0.39, 0.29) is 0 Å². The molecule has 0 aromatic carbocycles. The van der Waals surface area contributed by atoms with Gasteiger partial charge < -0.3 is 0 Å². The zero-order valence-corrected chi connectivity index (χ0v) is 4.90. The van der Waals surface area contributed by atoms with Gasteiger partial charge in [0.15, 0.2) is 0 Å². The summed E-state index contributed by atoms with van der Waals surface area (Å²) in [6, 6.07) is 0. The summed E-state index contributed by atoms with van der Waals surface area (Å²) in [6.07, 6.45) is 0. The van der Waals surface area contributed by atoms with Crippen LogP contribution in [0.5, 0.6) is 0 Å². The van der Waals surface area contributed by atoms with Gasteiger partial charge in [-0.1, -0.05) is 0 Å². The van der Waals surface area contributed by atoms with Crippen molar-refractivity contribution in [3.63, 3.8) is 0 Å². The fourth-order valence-electron chi connectivity index (χ4n) is 0. The molecule has 0 aromatic heterocycles. The van der Waals surface area contributed by atoms with E-state index in [0.29, 0.717) is 0 Å². The van der Waals surface area contributed by atoms with Crippen molar-refractivity contribution in [3.05, 3.63) is 0 Å². The first-order valence-corrected chi connectivity index (χ1v) is 4.06. The molecule has 0 rings (SSSR count). The summed E-state index contributed by atoms with van der Waals surface area (Å²) < 4.78 is 32.8. The molecule has 5 heavy (non-hydrogen) atoms. The Hall–Kier alpha value is 0.549. The quantitative estimate of drug-likeness (QED) is 0.558. The van der Waals surface area contributed by atoms with Gasteiger partial charge in [-0.15, -0.1) is 0 Å². The summed E-state index contributed by atoms with van der Waals surface area (Å²) in [5, 5.41) is 0. The summed E-state index contributed by atoms with van der Waals surface area (Å²) in [6.45, 7) is 0. The molecule has 5 heteroatoms. The molecule has 0 heterocycles.